The quantitative estimate of drug-likeness (QED) is 0.105. The van der Waals surface area contributed by atoms with E-state index in [0.29, 0.717) is 0 Å². The number of hydrogen-bond acceptors (Lipinski definition) is 4. The largest absolute Gasteiger partial charge is 0.135 e. The Labute approximate surface area is 408 Å². The van der Waals surface area contributed by atoms with Gasteiger partial charge in [-0.05, 0) is 104 Å². The van der Waals surface area contributed by atoms with Crippen LogP contribution in [0.1, 0.15) is 94.2 Å². The van der Waals surface area contributed by atoms with Crippen molar-refractivity contribution in [1.29, 1.82) is 0 Å². The van der Waals surface area contributed by atoms with Crippen LogP contribution in [0.3, 0.4) is 0 Å². The Bertz CT molecular complexity index is 3700. The van der Waals surface area contributed by atoms with Crippen molar-refractivity contribution in [2.75, 3.05) is 0 Å². The van der Waals surface area contributed by atoms with E-state index in [2.05, 4.69) is 191 Å². The van der Waals surface area contributed by atoms with Crippen molar-refractivity contribution in [3.05, 3.63) is 96.1 Å². The Kier molecular flexibility index (Phi) is 9.74. The minimum absolute atomic E-state index is 0.113. The van der Waals surface area contributed by atoms with Gasteiger partial charge in [-0.2, -0.15) is 0 Å². The first-order valence-corrected chi connectivity index (χ1v) is 33.4. The third-order valence-corrected chi connectivity index (χ3v) is 33.0. The number of rotatable bonds is 8. The number of benzene rings is 8. The Hall–Kier alpha value is -3.89. The predicted molar refractivity (Wildman–Crippen MR) is 313 cm³/mol. The minimum Gasteiger partial charge on any atom is -0.135 e. The van der Waals surface area contributed by atoms with Crippen LogP contribution in [-0.2, 0) is 10.8 Å². The summed E-state index contributed by atoms with van der Waals surface area (Å²) in [4.78, 5) is 0. The van der Waals surface area contributed by atoms with Gasteiger partial charge < -0.3 is 0 Å². The summed E-state index contributed by atoms with van der Waals surface area (Å²) in [5.74, 6) is 0. The Morgan fingerprint density at radius 2 is 0.636 bits per heavy atom. The van der Waals surface area contributed by atoms with E-state index in [4.69, 9.17) is 0 Å². The highest BCUT2D eigenvalue weighted by molar-refractivity contribution is 7.29. The zero-order valence-electron chi connectivity index (χ0n) is 41.0. The normalized spacial score (nSPS) is 13.8. The maximum absolute atomic E-state index is 2.81. The van der Waals surface area contributed by atoms with E-state index in [-0.39, 0.29) is 10.8 Å². The second-order valence-electron chi connectivity index (χ2n) is 22.0. The van der Waals surface area contributed by atoms with Gasteiger partial charge in [0.25, 0.3) is 0 Å². The monoisotopic (exact) mass is 966 g/mol. The molecule has 0 aliphatic rings. The fraction of sp³-hybridized carbons (Fsp3) is 0.333. The van der Waals surface area contributed by atoms with Crippen molar-refractivity contribution < 1.29 is 0 Å². The molecule has 0 aliphatic heterocycles. The van der Waals surface area contributed by atoms with E-state index in [0.717, 1.165) is 0 Å². The van der Waals surface area contributed by atoms with Crippen molar-refractivity contribution >= 4 is 185 Å². The van der Waals surface area contributed by atoms with Gasteiger partial charge in [0.15, 0.2) is 0 Å². The van der Waals surface area contributed by atoms with Crippen molar-refractivity contribution in [2.24, 2.45) is 0 Å². The van der Waals surface area contributed by atoms with Crippen molar-refractivity contribution in [1.82, 2.24) is 0 Å². The van der Waals surface area contributed by atoms with Crippen LogP contribution in [0.2, 0.25) is 36.3 Å². The van der Waals surface area contributed by atoms with Crippen molar-refractivity contribution in [2.45, 2.75) is 130 Å². The summed E-state index contributed by atoms with van der Waals surface area (Å²) in [7, 11) is -3.79. The standard InChI is InChI=1S/C60H62S4Si2/c1-13-65(14-2,15-3)53-31-45-56-44(26-42-40-30-50-38(28-52(40)63-57(42)45)36-24-34(60(10,11)12)20-22-48(36)62-50)54(66(16-4,17-5)18-6)32-46-55(56)43(53)25-41-39-29-49-37(27-51(39)64-58(41)46)35-23-33(59(7,8)9)19-21-47(35)61-49/h19-32H,13-18H2,1-12H3. The van der Waals surface area contributed by atoms with Gasteiger partial charge in [0.05, 0.1) is 16.1 Å². The van der Waals surface area contributed by atoms with Crippen LogP contribution in [-0.4, -0.2) is 16.1 Å². The van der Waals surface area contributed by atoms with E-state index in [9.17, 15) is 0 Å². The van der Waals surface area contributed by atoms with Crippen LogP contribution < -0.4 is 10.4 Å². The number of hydrogen-bond donors (Lipinski definition) is 0. The molecule has 4 aromatic heterocycles. The van der Waals surface area contributed by atoms with Crippen LogP contribution >= 0.6 is 45.3 Å². The molecule has 66 heavy (non-hydrogen) atoms. The highest BCUT2D eigenvalue weighted by Gasteiger charge is 2.37. The molecule has 334 valence electrons. The molecule has 0 nitrogen and oxygen atoms in total. The van der Waals surface area contributed by atoms with Crippen LogP contribution in [0.4, 0.5) is 0 Å². The third kappa shape index (κ3) is 5.94. The molecule has 6 heteroatoms. The summed E-state index contributed by atoms with van der Waals surface area (Å²) in [5, 5.41) is 24.2. The third-order valence-electron chi connectivity index (χ3n) is 17.1. The molecule has 8 aromatic carbocycles. The van der Waals surface area contributed by atoms with E-state index >= 15 is 0 Å². The zero-order valence-corrected chi connectivity index (χ0v) is 46.2. The SMILES string of the molecule is CC[Si](CC)(CC)c1cc2c3sc4cc5c(cc4c3cc3c([Si](CC)(CC)CC)cc4c6sc7cc8c(cc7c6cc1c4c32)sc1ccc(C(C)(C)C)cc18)sc1ccc(C(C)(C)C)cc15. The maximum atomic E-state index is 2.81. The lowest BCUT2D eigenvalue weighted by Gasteiger charge is -2.34. The van der Waals surface area contributed by atoms with Crippen LogP contribution in [0.15, 0.2) is 84.9 Å². The van der Waals surface area contributed by atoms with Crippen LogP contribution in [0, 0.1) is 0 Å². The molecule has 0 saturated heterocycles. The molecule has 0 saturated carbocycles. The molecular formula is C60H62S4Si2. The van der Waals surface area contributed by atoms with E-state index in [1.165, 1.54) is 139 Å². The van der Waals surface area contributed by atoms with Crippen LogP contribution in [0.5, 0.6) is 0 Å². The fourth-order valence-electron chi connectivity index (χ4n) is 12.5. The molecule has 4 heterocycles. The van der Waals surface area contributed by atoms with E-state index < -0.39 is 16.1 Å². The summed E-state index contributed by atoms with van der Waals surface area (Å²) in [6, 6.07) is 43.4. The summed E-state index contributed by atoms with van der Waals surface area (Å²) in [5.41, 5.74) is 3.05. The van der Waals surface area contributed by atoms with Gasteiger partial charge in [0, 0.05) is 91.5 Å². The lowest BCUT2D eigenvalue weighted by molar-refractivity contribution is 0.591. The maximum Gasteiger partial charge on any atom is 0.0867 e. The first kappa shape index (κ1) is 43.4. The summed E-state index contributed by atoms with van der Waals surface area (Å²) < 4.78 is 11.5. The lowest BCUT2D eigenvalue weighted by atomic mass is 9.86. The summed E-state index contributed by atoms with van der Waals surface area (Å²) in [6.45, 7) is 29.1. The second-order valence-corrected chi connectivity index (χ2v) is 36.7. The number of fused-ring (bicyclic) bond motifs is 14. The Morgan fingerprint density at radius 1 is 0.318 bits per heavy atom. The molecule has 12 aromatic rings. The lowest BCUT2D eigenvalue weighted by Crippen LogP contribution is -2.47. The molecule has 0 fully saturated rings. The first-order valence-electron chi connectivity index (χ1n) is 24.8. The molecule has 0 atom stereocenters. The zero-order chi connectivity index (χ0) is 46.0. The smallest absolute Gasteiger partial charge is 0.0867 e. The second kappa shape index (κ2) is 14.8. The van der Waals surface area contributed by atoms with Crippen molar-refractivity contribution in [3.8, 4) is 0 Å². The molecule has 0 amide bonds. The van der Waals surface area contributed by atoms with Gasteiger partial charge >= 0.3 is 0 Å². The molecular weight excluding hydrogens is 905 g/mol. The first-order chi connectivity index (χ1) is 31.6. The predicted octanol–water partition coefficient (Wildman–Crippen LogP) is 20.1. The number of thiophene rings is 4. The summed E-state index contributed by atoms with van der Waals surface area (Å²) >= 11 is 8.10. The highest BCUT2D eigenvalue weighted by Crippen LogP contribution is 2.51. The fourth-order valence-corrected chi connectivity index (χ4v) is 24.9. The molecule has 0 N–H and O–H groups in total. The minimum atomic E-state index is -1.89. The van der Waals surface area contributed by atoms with Gasteiger partial charge in [-0.25, -0.2) is 0 Å². The Morgan fingerprint density at radius 3 is 0.970 bits per heavy atom. The van der Waals surface area contributed by atoms with Crippen molar-refractivity contribution in [3.63, 3.8) is 0 Å². The van der Waals surface area contributed by atoms with E-state index in [1.807, 2.05) is 22.7 Å². The molecule has 0 unspecified atom stereocenters. The summed E-state index contributed by atoms with van der Waals surface area (Å²) in [6.07, 6.45) is 0. The van der Waals surface area contributed by atoms with Gasteiger partial charge in [0.2, 0.25) is 0 Å². The van der Waals surface area contributed by atoms with Gasteiger partial charge in [-0.15, -0.1) is 45.3 Å². The molecule has 0 bridgehead atoms. The molecule has 0 radical (unpaired) electrons. The Balaban J connectivity index is 1.25. The molecule has 0 aliphatic carbocycles. The average molecular weight is 968 g/mol. The highest BCUT2D eigenvalue weighted by atomic mass is 32.1. The van der Waals surface area contributed by atoms with Gasteiger partial charge in [-0.1, -0.05) is 154 Å². The average Bonchev–Trinajstić information content (AvgIpc) is 4.06. The topological polar surface area (TPSA) is 0 Å². The molecule has 12 rings (SSSR count). The van der Waals surface area contributed by atoms with Gasteiger partial charge in [0.1, 0.15) is 0 Å². The van der Waals surface area contributed by atoms with E-state index in [1.54, 1.807) is 31.9 Å². The van der Waals surface area contributed by atoms with Crippen LogP contribution in [0.25, 0.3) is 113 Å². The molecule has 0 spiro atoms. The van der Waals surface area contributed by atoms with Gasteiger partial charge in [-0.3, -0.25) is 0 Å².